The van der Waals surface area contributed by atoms with Crippen molar-refractivity contribution >= 4 is 40.1 Å². The third-order valence-electron chi connectivity index (χ3n) is 2.09. The predicted octanol–water partition coefficient (Wildman–Crippen LogP) is 3.63. The number of nitrogens with zero attached hydrogens (tertiary/aromatic N) is 2. The maximum absolute atomic E-state index is 11.0. The molecular formula is C10H10N2O3S3. The monoisotopic (exact) mass is 302 g/mol. The second-order valence-electron chi connectivity index (χ2n) is 3.61. The lowest BCUT2D eigenvalue weighted by atomic mass is 10.3. The Morgan fingerprint density at radius 2 is 2.33 bits per heavy atom. The molecule has 2 heterocycles. The van der Waals surface area contributed by atoms with Gasteiger partial charge in [-0.1, -0.05) is 0 Å². The zero-order valence-electron chi connectivity index (χ0n) is 9.61. The summed E-state index contributed by atoms with van der Waals surface area (Å²) in [7, 11) is 0. The van der Waals surface area contributed by atoms with Crippen LogP contribution in [0.2, 0.25) is 0 Å². The Bertz CT molecular complexity index is 577. The number of hydrogen-bond acceptors (Lipinski definition) is 7. The van der Waals surface area contributed by atoms with Crippen molar-refractivity contribution in [2.75, 3.05) is 0 Å². The molecule has 0 saturated heterocycles. The second kappa shape index (κ2) is 5.35. The summed E-state index contributed by atoms with van der Waals surface area (Å²) in [5, 5.41) is 22.3. The first-order chi connectivity index (χ1) is 8.47. The molecule has 0 spiro atoms. The van der Waals surface area contributed by atoms with Gasteiger partial charge in [0.25, 0.3) is 5.69 Å². The van der Waals surface area contributed by atoms with E-state index in [4.69, 9.17) is 0 Å². The van der Waals surface area contributed by atoms with E-state index in [1.807, 2.05) is 12.3 Å². The number of aliphatic hydroxyl groups excluding tert-OH is 1. The molecule has 96 valence electrons. The van der Waals surface area contributed by atoms with Crippen molar-refractivity contribution in [2.24, 2.45) is 0 Å². The number of thiazole rings is 1. The summed E-state index contributed by atoms with van der Waals surface area (Å²) in [4.78, 5) is 15.4. The normalized spacial score (nSPS) is 12.6. The summed E-state index contributed by atoms with van der Waals surface area (Å²) >= 11 is 3.97. The molecule has 2 aromatic rings. The standard InChI is InChI=1S/C10H10N2O3S3/c1-5-4-16-10(11-5)18-9-7(12(14)15)3-8(17-9)6(2)13/h3-4,6,13H,1-2H3/t6-/m0/s1. The van der Waals surface area contributed by atoms with Crippen molar-refractivity contribution in [1.29, 1.82) is 0 Å². The zero-order chi connectivity index (χ0) is 13.3. The smallest absolute Gasteiger partial charge is 0.294 e. The second-order valence-corrected chi connectivity index (χ2v) is 7.07. The van der Waals surface area contributed by atoms with Gasteiger partial charge in [0.15, 0.2) is 4.34 Å². The van der Waals surface area contributed by atoms with Crippen LogP contribution in [0.3, 0.4) is 0 Å². The molecule has 0 bridgehead atoms. The summed E-state index contributed by atoms with van der Waals surface area (Å²) < 4.78 is 1.33. The highest BCUT2D eigenvalue weighted by atomic mass is 32.2. The molecule has 2 rings (SSSR count). The van der Waals surface area contributed by atoms with Crippen molar-refractivity contribution in [1.82, 2.24) is 4.98 Å². The fourth-order valence-electron chi connectivity index (χ4n) is 1.25. The molecule has 0 unspecified atom stereocenters. The third kappa shape index (κ3) is 2.89. The van der Waals surface area contributed by atoms with Gasteiger partial charge in [-0.15, -0.1) is 22.7 Å². The molecule has 0 aliphatic heterocycles. The number of aliphatic hydroxyl groups is 1. The number of thiophene rings is 1. The number of aromatic nitrogens is 1. The minimum atomic E-state index is -0.693. The highest BCUT2D eigenvalue weighted by Gasteiger charge is 2.22. The quantitative estimate of drug-likeness (QED) is 0.689. The topological polar surface area (TPSA) is 76.3 Å². The molecule has 0 aliphatic carbocycles. The average Bonchev–Trinajstić information content (AvgIpc) is 2.85. The summed E-state index contributed by atoms with van der Waals surface area (Å²) in [6, 6.07) is 1.43. The van der Waals surface area contributed by atoms with Crippen LogP contribution < -0.4 is 0 Å². The van der Waals surface area contributed by atoms with Crippen molar-refractivity contribution in [3.8, 4) is 0 Å². The lowest BCUT2D eigenvalue weighted by molar-refractivity contribution is -0.387. The van der Waals surface area contributed by atoms with Crippen molar-refractivity contribution < 1.29 is 10.0 Å². The van der Waals surface area contributed by atoms with E-state index in [1.54, 1.807) is 6.92 Å². The van der Waals surface area contributed by atoms with Gasteiger partial charge in [-0.2, -0.15) is 0 Å². The van der Waals surface area contributed by atoms with Gasteiger partial charge in [0, 0.05) is 22.0 Å². The third-order valence-corrected chi connectivity index (χ3v) is 5.63. The molecule has 0 fully saturated rings. The van der Waals surface area contributed by atoms with E-state index in [1.165, 1.54) is 40.5 Å². The molecule has 0 amide bonds. The number of nitro groups is 1. The van der Waals surface area contributed by atoms with E-state index < -0.39 is 11.0 Å². The van der Waals surface area contributed by atoms with Crippen LogP contribution in [0.1, 0.15) is 23.6 Å². The fourth-order valence-corrected chi connectivity index (χ4v) is 4.58. The van der Waals surface area contributed by atoms with E-state index in [-0.39, 0.29) is 5.69 Å². The molecule has 8 heteroatoms. The van der Waals surface area contributed by atoms with Crippen LogP contribution in [0, 0.1) is 17.0 Å². The lowest BCUT2D eigenvalue weighted by Gasteiger charge is -1.95. The van der Waals surface area contributed by atoms with Gasteiger partial charge in [0.2, 0.25) is 0 Å². The van der Waals surface area contributed by atoms with E-state index >= 15 is 0 Å². The molecule has 0 aromatic carbocycles. The van der Waals surface area contributed by atoms with Crippen LogP contribution in [0.4, 0.5) is 5.69 Å². The van der Waals surface area contributed by atoms with Crippen LogP contribution >= 0.6 is 34.4 Å². The highest BCUT2D eigenvalue weighted by Crippen LogP contribution is 2.43. The Morgan fingerprint density at radius 1 is 1.61 bits per heavy atom. The first-order valence-electron chi connectivity index (χ1n) is 5.03. The Morgan fingerprint density at radius 3 is 2.83 bits per heavy atom. The first kappa shape index (κ1) is 13.5. The Balaban J connectivity index is 2.33. The van der Waals surface area contributed by atoms with Crippen LogP contribution in [0.15, 0.2) is 20.0 Å². The Hall–Kier alpha value is -0.960. The predicted molar refractivity (Wildman–Crippen MR) is 72.6 cm³/mol. The van der Waals surface area contributed by atoms with Gasteiger partial charge in [0.1, 0.15) is 4.21 Å². The molecule has 2 aromatic heterocycles. The highest BCUT2D eigenvalue weighted by molar-refractivity contribution is 8.02. The van der Waals surface area contributed by atoms with Gasteiger partial charge in [-0.3, -0.25) is 10.1 Å². The van der Waals surface area contributed by atoms with E-state index in [0.29, 0.717) is 9.09 Å². The molecule has 0 aliphatic rings. The minimum Gasteiger partial charge on any atom is -0.388 e. The molecule has 1 N–H and O–H groups in total. The van der Waals surface area contributed by atoms with Crippen LogP contribution in [0.5, 0.6) is 0 Å². The average molecular weight is 302 g/mol. The van der Waals surface area contributed by atoms with Crippen LogP contribution in [-0.2, 0) is 0 Å². The summed E-state index contributed by atoms with van der Waals surface area (Å²) in [5.74, 6) is 0. The number of aryl methyl sites for hydroxylation is 1. The number of rotatable bonds is 4. The number of hydrogen-bond donors (Lipinski definition) is 1. The summed E-state index contributed by atoms with van der Waals surface area (Å²) in [6.45, 7) is 3.47. The summed E-state index contributed by atoms with van der Waals surface area (Å²) in [6.07, 6.45) is -0.693. The van der Waals surface area contributed by atoms with Crippen molar-refractivity contribution in [2.45, 2.75) is 28.5 Å². The van der Waals surface area contributed by atoms with Gasteiger partial charge >= 0.3 is 0 Å². The first-order valence-corrected chi connectivity index (χ1v) is 7.55. The lowest BCUT2D eigenvalue weighted by Crippen LogP contribution is -1.87. The van der Waals surface area contributed by atoms with Gasteiger partial charge in [-0.05, 0) is 25.6 Å². The van der Waals surface area contributed by atoms with Crippen molar-refractivity contribution in [3.05, 3.63) is 32.1 Å². The molecule has 18 heavy (non-hydrogen) atoms. The fraction of sp³-hybridized carbons (Fsp3) is 0.300. The van der Waals surface area contributed by atoms with E-state index in [0.717, 1.165) is 10.0 Å². The molecule has 1 atom stereocenters. The molecule has 0 saturated carbocycles. The van der Waals surface area contributed by atoms with Crippen LogP contribution in [0.25, 0.3) is 0 Å². The zero-order valence-corrected chi connectivity index (χ0v) is 12.1. The SMILES string of the molecule is Cc1csc(Sc2sc([C@H](C)O)cc2[N+](=O)[O-])n1. The largest absolute Gasteiger partial charge is 0.388 e. The summed E-state index contributed by atoms with van der Waals surface area (Å²) in [5.41, 5.74) is 0.936. The Kier molecular flexibility index (Phi) is 4.00. The van der Waals surface area contributed by atoms with Gasteiger partial charge < -0.3 is 5.11 Å². The maximum atomic E-state index is 11.0. The van der Waals surface area contributed by atoms with Crippen molar-refractivity contribution in [3.63, 3.8) is 0 Å². The van der Waals surface area contributed by atoms with E-state index in [9.17, 15) is 15.2 Å². The Labute approximate surface area is 116 Å². The maximum Gasteiger partial charge on any atom is 0.294 e. The molecule has 0 radical (unpaired) electrons. The van der Waals surface area contributed by atoms with Gasteiger partial charge in [0.05, 0.1) is 11.0 Å². The minimum absolute atomic E-state index is 0.0359. The van der Waals surface area contributed by atoms with Crippen LogP contribution in [-0.4, -0.2) is 15.0 Å². The van der Waals surface area contributed by atoms with E-state index in [2.05, 4.69) is 4.98 Å². The van der Waals surface area contributed by atoms with Gasteiger partial charge in [-0.25, -0.2) is 4.98 Å². The molecular weight excluding hydrogens is 292 g/mol. The molecule has 5 nitrogen and oxygen atoms in total.